The Balaban J connectivity index is 1.64. The molecule has 1 atom stereocenters. The van der Waals surface area contributed by atoms with Crippen LogP contribution < -0.4 is 5.32 Å². The topological polar surface area (TPSA) is 91.9 Å². The Morgan fingerprint density at radius 3 is 2.67 bits per heavy atom. The average Bonchev–Trinajstić information content (AvgIpc) is 3.03. The van der Waals surface area contributed by atoms with Crippen molar-refractivity contribution < 1.29 is 28.3 Å². The predicted molar refractivity (Wildman–Crippen MR) is 97.8 cm³/mol. The van der Waals surface area contributed by atoms with Gasteiger partial charge in [0.25, 0.3) is 0 Å². The highest BCUT2D eigenvalue weighted by Gasteiger charge is 2.22. The molecule has 3 N–H and O–H groups in total. The Kier molecular flexibility index (Phi) is 6.23. The van der Waals surface area contributed by atoms with Gasteiger partial charge in [0.15, 0.2) is 0 Å². The lowest BCUT2D eigenvalue weighted by Gasteiger charge is -2.19. The molecule has 140 valence electrons. The Bertz CT molecular complexity index is 914. The first kappa shape index (κ1) is 19.1. The summed E-state index contributed by atoms with van der Waals surface area (Å²) in [6.07, 6.45) is 1.01. The molecule has 0 spiro atoms. The molecule has 27 heavy (non-hydrogen) atoms. The van der Waals surface area contributed by atoms with E-state index in [0.29, 0.717) is 11.1 Å². The highest BCUT2D eigenvalue weighted by atomic mass is 19.1. The molecule has 0 aliphatic heterocycles. The fraction of sp³-hybridized carbons (Fsp3) is 0.211. The van der Waals surface area contributed by atoms with Gasteiger partial charge in [0.1, 0.15) is 17.6 Å². The monoisotopic (exact) mass is 371 g/mol. The summed E-state index contributed by atoms with van der Waals surface area (Å²) in [6.45, 7) is 0. The lowest BCUT2D eigenvalue weighted by Crippen LogP contribution is -2.42. The van der Waals surface area contributed by atoms with Gasteiger partial charge < -0.3 is 24.4 Å². The third-order valence-corrected chi connectivity index (χ3v) is 4.15. The lowest BCUT2D eigenvalue weighted by atomic mass is 10.1. The first-order valence-corrected chi connectivity index (χ1v) is 8.52. The zero-order valence-electron chi connectivity index (χ0n) is 14.5. The van der Waals surface area contributed by atoms with Crippen LogP contribution in [0.25, 0.3) is 11.0 Å². The van der Waals surface area contributed by atoms with Gasteiger partial charge in [-0.05, 0) is 24.1 Å². The molecule has 0 aliphatic carbocycles. The van der Waals surface area contributed by atoms with Crippen molar-refractivity contribution in [1.82, 2.24) is 5.32 Å². The van der Waals surface area contributed by atoms with Gasteiger partial charge >= 0.3 is 7.32 Å². The summed E-state index contributed by atoms with van der Waals surface area (Å²) < 4.78 is 24.1. The van der Waals surface area contributed by atoms with Crippen molar-refractivity contribution >= 4 is 24.2 Å². The number of hydrogen-bond donors (Lipinski definition) is 3. The van der Waals surface area contributed by atoms with Crippen LogP contribution in [0.3, 0.4) is 0 Å². The number of carbonyl (C=O) groups is 1. The van der Waals surface area contributed by atoms with E-state index in [4.69, 9.17) is 19.1 Å². The van der Waals surface area contributed by atoms with Crippen molar-refractivity contribution in [2.75, 3.05) is 0 Å². The predicted octanol–water partition coefficient (Wildman–Crippen LogP) is 2.18. The van der Waals surface area contributed by atoms with E-state index in [0.717, 1.165) is 10.9 Å². The molecule has 0 radical (unpaired) electrons. The fourth-order valence-corrected chi connectivity index (χ4v) is 2.87. The highest BCUT2D eigenvalue weighted by Crippen LogP contribution is 2.22. The molecular formula is C19H19BFNO5. The third-order valence-electron chi connectivity index (χ3n) is 4.15. The number of amides is 1. The minimum absolute atomic E-state index is 0.0362. The van der Waals surface area contributed by atoms with E-state index >= 15 is 0 Å². The molecule has 8 heteroatoms. The van der Waals surface area contributed by atoms with Gasteiger partial charge in [-0.2, -0.15) is 0 Å². The maximum Gasteiger partial charge on any atom is 0.635 e. The van der Waals surface area contributed by atoms with Crippen LogP contribution >= 0.6 is 0 Å². The second kappa shape index (κ2) is 8.81. The molecular weight excluding hydrogens is 352 g/mol. The van der Waals surface area contributed by atoms with Crippen molar-refractivity contribution in [1.29, 1.82) is 0 Å². The number of benzene rings is 2. The van der Waals surface area contributed by atoms with E-state index in [1.807, 2.05) is 24.3 Å². The van der Waals surface area contributed by atoms with Crippen LogP contribution in [0.5, 0.6) is 0 Å². The number of carbonyl (C=O) groups excluding carboxylic acids is 1. The molecule has 1 heterocycles. The minimum atomic E-state index is -2.04. The number of aryl methyl sites for hydroxylation is 1. The van der Waals surface area contributed by atoms with Crippen LogP contribution in [0.4, 0.5) is 4.39 Å². The van der Waals surface area contributed by atoms with E-state index in [9.17, 15) is 9.18 Å². The van der Waals surface area contributed by atoms with Crippen LogP contribution in [0, 0.1) is 5.82 Å². The Hall–Kier alpha value is -2.68. The molecule has 3 aromatic rings. The maximum absolute atomic E-state index is 13.6. The van der Waals surface area contributed by atoms with Gasteiger partial charge in [-0.3, -0.25) is 4.79 Å². The van der Waals surface area contributed by atoms with E-state index in [1.54, 1.807) is 18.2 Å². The second-order valence-electron chi connectivity index (χ2n) is 6.07. The first-order valence-electron chi connectivity index (χ1n) is 8.52. The molecule has 0 bridgehead atoms. The molecule has 6 nitrogen and oxygen atoms in total. The van der Waals surface area contributed by atoms with Crippen LogP contribution in [0.15, 0.2) is 59.2 Å². The molecule has 0 unspecified atom stereocenters. The van der Waals surface area contributed by atoms with Gasteiger partial charge in [-0.1, -0.05) is 36.4 Å². The molecule has 0 saturated carbocycles. The summed E-state index contributed by atoms with van der Waals surface area (Å²) in [7, 11) is -2.04. The Morgan fingerprint density at radius 2 is 1.89 bits per heavy atom. The summed E-state index contributed by atoms with van der Waals surface area (Å²) in [5.74, 6) is -0.759. The van der Waals surface area contributed by atoms with E-state index < -0.39 is 19.5 Å². The van der Waals surface area contributed by atoms with Crippen molar-refractivity contribution in [2.45, 2.75) is 25.5 Å². The minimum Gasteiger partial charge on any atom is -0.464 e. The third kappa shape index (κ3) is 5.16. The SMILES string of the molecule is O=C(CCc1ccccc1F)N[C@@H](Cc1coc2ccccc12)OB(O)O. The molecule has 0 saturated heterocycles. The number of furan rings is 1. The molecule has 2 aromatic carbocycles. The smallest absolute Gasteiger partial charge is 0.464 e. The number of nitrogens with one attached hydrogen (secondary N) is 1. The average molecular weight is 371 g/mol. The van der Waals surface area contributed by atoms with Gasteiger partial charge in [0, 0.05) is 23.8 Å². The van der Waals surface area contributed by atoms with Gasteiger partial charge in [0.2, 0.25) is 5.91 Å². The number of halogens is 1. The van der Waals surface area contributed by atoms with Crippen molar-refractivity contribution in [3.63, 3.8) is 0 Å². The molecule has 0 aliphatic rings. The number of para-hydroxylation sites is 1. The lowest BCUT2D eigenvalue weighted by molar-refractivity contribution is -0.123. The molecule has 3 rings (SSSR count). The Labute approximate surface area is 155 Å². The van der Waals surface area contributed by atoms with E-state index in [2.05, 4.69) is 5.32 Å². The standard InChI is InChI=1S/C19H19BFNO5/c21-16-7-3-1-5-13(16)9-10-18(23)22-19(27-20(24)25)11-14-12-26-17-8-4-2-6-15(14)17/h1-8,12,19,24-25H,9-11H2,(H,22,23)/t19-/m1/s1. The summed E-state index contributed by atoms with van der Waals surface area (Å²) in [5, 5.41) is 21.7. The second-order valence-corrected chi connectivity index (χ2v) is 6.07. The highest BCUT2D eigenvalue weighted by molar-refractivity contribution is 6.32. The quantitative estimate of drug-likeness (QED) is 0.417. The number of hydrogen-bond acceptors (Lipinski definition) is 5. The molecule has 1 aromatic heterocycles. The maximum atomic E-state index is 13.6. The zero-order valence-corrected chi connectivity index (χ0v) is 14.5. The van der Waals surface area contributed by atoms with Gasteiger partial charge in [0.05, 0.1) is 6.26 Å². The van der Waals surface area contributed by atoms with Gasteiger partial charge in [-0.25, -0.2) is 4.39 Å². The summed E-state index contributed by atoms with van der Waals surface area (Å²) >= 11 is 0. The first-order chi connectivity index (χ1) is 13.0. The van der Waals surface area contributed by atoms with E-state index in [-0.39, 0.29) is 25.1 Å². The largest absolute Gasteiger partial charge is 0.635 e. The van der Waals surface area contributed by atoms with Crippen LogP contribution in [-0.2, 0) is 22.3 Å². The van der Waals surface area contributed by atoms with Crippen LogP contribution in [0.2, 0.25) is 0 Å². The van der Waals surface area contributed by atoms with Crippen molar-refractivity contribution in [3.8, 4) is 0 Å². The van der Waals surface area contributed by atoms with Crippen molar-refractivity contribution in [2.24, 2.45) is 0 Å². The van der Waals surface area contributed by atoms with Gasteiger partial charge in [-0.15, -0.1) is 0 Å². The number of rotatable bonds is 8. The number of fused-ring (bicyclic) bond motifs is 1. The summed E-state index contributed by atoms with van der Waals surface area (Å²) in [4.78, 5) is 12.2. The molecule has 0 fully saturated rings. The fourth-order valence-electron chi connectivity index (χ4n) is 2.87. The Morgan fingerprint density at radius 1 is 1.15 bits per heavy atom. The normalized spacial score (nSPS) is 12.1. The summed E-state index contributed by atoms with van der Waals surface area (Å²) in [6, 6.07) is 13.6. The van der Waals surface area contributed by atoms with Crippen LogP contribution in [0.1, 0.15) is 17.5 Å². The zero-order chi connectivity index (χ0) is 19.2. The molecule has 1 amide bonds. The van der Waals surface area contributed by atoms with Crippen molar-refractivity contribution in [3.05, 3.63) is 71.7 Å². The summed E-state index contributed by atoms with van der Waals surface area (Å²) in [5.41, 5.74) is 1.88. The van der Waals surface area contributed by atoms with Crippen LogP contribution in [-0.4, -0.2) is 29.5 Å². The van der Waals surface area contributed by atoms with E-state index in [1.165, 1.54) is 12.3 Å².